The van der Waals surface area contributed by atoms with Gasteiger partial charge in [-0.05, 0) is 42.8 Å². The zero-order valence-electron chi connectivity index (χ0n) is 8.13. The van der Waals surface area contributed by atoms with E-state index in [9.17, 15) is 0 Å². The minimum atomic E-state index is 0.680. The predicted molar refractivity (Wildman–Crippen MR) is 64.0 cm³/mol. The van der Waals surface area contributed by atoms with Crippen LogP contribution in [0.25, 0.3) is 0 Å². The van der Waals surface area contributed by atoms with Crippen molar-refractivity contribution in [2.24, 2.45) is 0 Å². The number of rotatable bonds is 4. The van der Waals surface area contributed by atoms with E-state index in [1.807, 2.05) is 24.3 Å². The van der Waals surface area contributed by atoms with Crippen molar-refractivity contribution < 1.29 is 4.74 Å². The van der Waals surface area contributed by atoms with Gasteiger partial charge in [-0.2, -0.15) is 0 Å². The maximum atomic E-state index is 5.78. The lowest BCUT2D eigenvalue weighted by Gasteiger charge is -2.02. The van der Waals surface area contributed by atoms with Crippen molar-refractivity contribution in [3.05, 3.63) is 34.9 Å². The van der Waals surface area contributed by atoms with Crippen LogP contribution in [0.3, 0.4) is 0 Å². The van der Waals surface area contributed by atoms with E-state index in [1.165, 1.54) is 5.56 Å². The van der Waals surface area contributed by atoms with Gasteiger partial charge in [0.2, 0.25) is 0 Å². The van der Waals surface area contributed by atoms with Crippen LogP contribution in [0.1, 0.15) is 18.4 Å². The van der Waals surface area contributed by atoms with Crippen LogP contribution < -0.4 is 0 Å². The first kappa shape index (κ1) is 11.5. The standard InChI is InChI=1S/C11H13ClOS/c1-13-11(14)4-2-3-9-5-7-10(12)8-6-9/h5-8H,2-4H2,1H3. The second-order valence-corrected chi connectivity index (χ2v) is 3.95. The molecule has 0 heterocycles. The van der Waals surface area contributed by atoms with Crippen LogP contribution in [0, 0.1) is 0 Å². The fraction of sp³-hybridized carbons (Fsp3) is 0.364. The third-order valence-electron chi connectivity index (χ3n) is 1.99. The molecule has 1 nitrogen and oxygen atoms in total. The summed E-state index contributed by atoms with van der Waals surface area (Å²) in [4.78, 5) is 0. The largest absolute Gasteiger partial charge is 0.490 e. The summed E-state index contributed by atoms with van der Waals surface area (Å²) in [5, 5.41) is 1.46. The number of hydrogen-bond donors (Lipinski definition) is 0. The first-order valence-electron chi connectivity index (χ1n) is 4.53. The highest BCUT2D eigenvalue weighted by atomic mass is 35.5. The molecule has 14 heavy (non-hydrogen) atoms. The maximum absolute atomic E-state index is 5.78. The fourth-order valence-corrected chi connectivity index (χ4v) is 1.46. The Morgan fingerprint density at radius 2 is 2.00 bits per heavy atom. The third-order valence-corrected chi connectivity index (χ3v) is 2.61. The second-order valence-electron chi connectivity index (χ2n) is 3.06. The van der Waals surface area contributed by atoms with E-state index in [1.54, 1.807) is 7.11 Å². The summed E-state index contributed by atoms with van der Waals surface area (Å²) in [5.74, 6) is 0. The van der Waals surface area contributed by atoms with Crippen LogP contribution in [0.5, 0.6) is 0 Å². The van der Waals surface area contributed by atoms with E-state index in [0.717, 1.165) is 24.3 Å². The van der Waals surface area contributed by atoms with Gasteiger partial charge in [0.1, 0.15) is 0 Å². The minimum Gasteiger partial charge on any atom is -0.490 e. The first-order chi connectivity index (χ1) is 6.72. The number of halogens is 1. The molecular weight excluding hydrogens is 216 g/mol. The highest BCUT2D eigenvalue weighted by Gasteiger charge is 1.97. The SMILES string of the molecule is COC(=S)CCCc1ccc(Cl)cc1. The summed E-state index contributed by atoms with van der Waals surface area (Å²) >= 11 is 10.7. The number of aryl methyl sites for hydroxylation is 1. The molecular formula is C11H13ClOS. The second kappa shape index (κ2) is 5.99. The first-order valence-corrected chi connectivity index (χ1v) is 5.32. The minimum absolute atomic E-state index is 0.680. The Balaban J connectivity index is 2.31. The molecule has 0 aliphatic heterocycles. The van der Waals surface area contributed by atoms with Crippen molar-refractivity contribution in [1.82, 2.24) is 0 Å². The normalized spacial score (nSPS) is 9.86. The van der Waals surface area contributed by atoms with Crippen LogP contribution in [0.2, 0.25) is 5.02 Å². The van der Waals surface area contributed by atoms with Gasteiger partial charge in [-0.3, -0.25) is 0 Å². The Kier molecular flexibility index (Phi) is 4.91. The molecule has 1 aromatic rings. The molecule has 0 unspecified atom stereocenters. The molecule has 0 spiro atoms. The predicted octanol–water partition coefficient (Wildman–Crippen LogP) is 3.64. The van der Waals surface area contributed by atoms with Gasteiger partial charge in [0.05, 0.1) is 7.11 Å². The van der Waals surface area contributed by atoms with Crippen LogP contribution in [-0.2, 0) is 11.2 Å². The summed E-state index contributed by atoms with van der Waals surface area (Å²) in [6.45, 7) is 0. The molecule has 3 heteroatoms. The molecule has 0 aromatic heterocycles. The van der Waals surface area contributed by atoms with Crippen molar-refractivity contribution in [2.75, 3.05) is 7.11 Å². The molecule has 1 aromatic carbocycles. The van der Waals surface area contributed by atoms with Crippen molar-refractivity contribution in [3.8, 4) is 0 Å². The van der Waals surface area contributed by atoms with Crippen molar-refractivity contribution in [3.63, 3.8) is 0 Å². The van der Waals surface area contributed by atoms with Crippen LogP contribution in [0.4, 0.5) is 0 Å². The smallest absolute Gasteiger partial charge is 0.159 e. The summed E-state index contributed by atoms with van der Waals surface area (Å²) < 4.78 is 4.92. The van der Waals surface area contributed by atoms with Gasteiger partial charge in [-0.25, -0.2) is 0 Å². The third kappa shape index (κ3) is 4.07. The molecule has 0 atom stereocenters. The monoisotopic (exact) mass is 228 g/mol. The van der Waals surface area contributed by atoms with Gasteiger partial charge in [-0.15, -0.1) is 0 Å². The van der Waals surface area contributed by atoms with E-state index < -0.39 is 0 Å². The summed E-state index contributed by atoms with van der Waals surface area (Å²) in [7, 11) is 1.62. The Bertz CT molecular complexity index is 295. The molecule has 0 saturated heterocycles. The molecule has 0 N–H and O–H groups in total. The average molecular weight is 229 g/mol. The number of hydrogen-bond acceptors (Lipinski definition) is 2. The number of ether oxygens (including phenoxy) is 1. The lowest BCUT2D eigenvalue weighted by atomic mass is 10.1. The van der Waals surface area contributed by atoms with Gasteiger partial charge in [0, 0.05) is 11.4 Å². The molecule has 0 saturated carbocycles. The molecule has 0 radical (unpaired) electrons. The highest BCUT2D eigenvalue weighted by molar-refractivity contribution is 7.80. The van der Waals surface area contributed by atoms with E-state index in [-0.39, 0.29) is 0 Å². The molecule has 1 rings (SSSR count). The van der Waals surface area contributed by atoms with Gasteiger partial charge >= 0.3 is 0 Å². The average Bonchev–Trinajstić information content (AvgIpc) is 2.21. The van der Waals surface area contributed by atoms with Gasteiger partial charge in [0.15, 0.2) is 5.05 Å². The van der Waals surface area contributed by atoms with Gasteiger partial charge < -0.3 is 4.74 Å². The molecule has 0 bridgehead atoms. The lowest BCUT2D eigenvalue weighted by Crippen LogP contribution is -1.97. The lowest BCUT2D eigenvalue weighted by molar-refractivity contribution is 0.400. The summed E-state index contributed by atoms with van der Waals surface area (Å²) in [6.07, 6.45) is 2.88. The molecule has 76 valence electrons. The Morgan fingerprint density at radius 3 is 2.57 bits per heavy atom. The van der Waals surface area contributed by atoms with E-state index in [0.29, 0.717) is 5.05 Å². The maximum Gasteiger partial charge on any atom is 0.159 e. The van der Waals surface area contributed by atoms with E-state index in [4.69, 9.17) is 28.6 Å². The number of benzene rings is 1. The highest BCUT2D eigenvalue weighted by Crippen LogP contribution is 2.11. The van der Waals surface area contributed by atoms with E-state index >= 15 is 0 Å². The summed E-state index contributed by atoms with van der Waals surface area (Å²) in [5.41, 5.74) is 1.29. The zero-order valence-corrected chi connectivity index (χ0v) is 9.70. The van der Waals surface area contributed by atoms with Crippen LogP contribution in [-0.4, -0.2) is 12.2 Å². The zero-order chi connectivity index (χ0) is 10.4. The van der Waals surface area contributed by atoms with Crippen molar-refractivity contribution >= 4 is 28.9 Å². The van der Waals surface area contributed by atoms with E-state index in [2.05, 4.69) is 0 Å². The Labute approximate surface area is 95.0 Å². The Morgan fingerprint density at radius 1 is 1.36 bits per heavy atom. The quantitative estimate of drug-likeness (QED) is 0.728. The van der Waals surface area contributed by atoms with Crippen molar-refractivity contribution in [2.45, 2.75) is 19.3 Å². The molecule has 0 amide bonds. The van der Waals surface area contributed by atoms with Crippen molar-refractivity contribution in [1.29, 1.82) is 0 Å². The van der Waals surface area contributed by atoms with Gasteiger partial charge in [0.25, 0.3) is 0 Å². The number of thiocarbonyl (C=S) groups is 1. The Hall–Kier alpha value is -0.600. The number of methoxy groups -OCH3 is 1. The van der Waals surface area contributed by atoms with Gasteiger partial charge in [-0.1, -0.05) is 23.7 Å². The topological polar surface area (TPSA) is 9.23 Å². The molecule has 0 aliphatic rings. The summed E-state index contributed by atoms with van der Waals surface area (Å²) in [6, 6.07) is 7.90. The molecule has 0 aliphatic carbocycles. The molecule has 0 fully saturated rings. The fourth-order valence-electron chi connectivity index (χ4n) is 1.19. The van der Waals surface area contributed by atoms with Crippen LogP contribution in [0.15, 0.2) is 24.3 Å². The van der Waals surface area contributed by atoms with Crippen LogP contribution >= 0.6 is 23.8 Å².